The van der Waals surface area contributed by atoms with Gasteiger partial charge in [0.25, 0.3) is 5.56 Å². The summed E-state index contributed by atoms with van der Waals surface area (Å²) in [6.45, 7) is 1.93. The Morgan fingerprint density at radius 3 is 2.74 bits per heavy atom. The number of halogens is 1. The number of fused-ring (bicyclic) bond motifs is 1. The highest BCUT2D eigenvalue weighted by Crippen LogP contribution is 2.24. The van der Waals surface area contributed by atoms with Crippen molar-refractivity contribution in [1.82, 2.24) is 9.55 Å². The lowest BCUT2D eigenvalue weighted by Gasteiger charge is -2.06. The van der Waals surface area contributed by atoms with Gasteiger partial charge in [-0.05, 0) is 37.3 Å². The fraction of sp³-hybridized carbons (Fsp3) is 0.188. The monoisotopic (exact) mass is 348 g/mol. The zero-order valence-corrected chi connectivity index (χ0v) is 14.1. The summed E-state index contributed by atoms with van der Waals surface area (Å²) in [5.74, 6) is -0.370. The van der Waals surface area contributed by atoms with Gasteiger partial charge in [-0.2, -0.15) is 0 Å². The average molecular weight is 348 g/mol. The Kier molecular flexibility index (Phi) is 4.32. The summed E-state index contributed by atoms with van der Waals surface area (Å²) in [5, 5.41) is 1.10. The van der Waals surface area contributed by atoms with Crippen LogP contribution in [0.25, 0.3) is 10.2 Å². The van der Waals surface area contributed by atoms with E-state index < -0.39 is 0 Å². The quantitative estimate of drug-likeness (QED) is 0.412. The van der Waals surface area contributed by atoms with Gasteiger partial charge in [-0.3, -0.25) is 14.2 Å². The molecule has 23 heavy (non-hydrogen) atoms. The summed E-state index contributed by atoms with van der Waals surface area (Å²) in [5.41, 5.74) is 0.327. The number of nitrogens with zero attached hydrogens (tertiary/aromatic N) is 2. The maximum atomic E-state index is 12.9. The Morgan fingerprint density at radius 1 is 1.35 bits per heavy atom. The molecule has 0 spiro atoms. The van der Waals surface area contributed by atoms with E-state index in [1.165, 1.54) is 51.9 Å². The molecule has 0 atom stereocenters. The van der Waals surface area contributed by atoms with Gasteiger partial charge in [0, 0.05) is 17.5 Å². The van der Waals surface area contributed by atoms with Gasteiger partial charge in [0.2, 0.25) is 0 Å². The second kappa shape index (κ2) is 6.25. The molecule has 3 aromatic rings. The van der Waals surface area contributed by atoms with Gasteiger partial charge in [-0.25, -0.2) is 9.37 Å². The summed E-state index contributed by atoms with van der Waals surface area (Å²) < 4.78 is 14.3. The molecule has 7 heteroatoms. The molecule has 3 rings (SSSR count). The summed E-state index contributed by atoms with van der Waals surface area (Å²) in [6.07, 6.45) is 0. The predicted molar refractivity (Wildman–Crippen MR) is 91.1 cm³/mol. The highest BCUT2D eigenvalue weighted by Gasteiger charge is 2.13. The third-order valence-electron chi connectivity index (χ3n) is 3.35. The van der Waals surface area contributed by atoms with E-state index in [0.717, 1.165) is 4.88 Å². The van der Waals surface area contributed by atoms with Crippen LogP contribution < -0.4 is 5.56 Å². The Morgan fingerprint density at radius 2 is 2.04 bits per heavy atom. The second-order valence-corrected chi connectivity index (χ2v) is 7.23. The molecule has 2 heterocycles. The lowest BCUT2D eigenvalue weighted by Crippen LogP contribution is -2.19. The Hall–Kier alpha value is -1.99. The molecule has 4 nitrogen and oxygen atoms in total. The molecule has 0 saturated carbocycles. The van der Waals surface area contributed by atoms with Gasteiger partial charge in [-0.1, -0.05) is 11.8 Å². The van der Waals surface area contributed by atoms with E-state index in [4.69, 9.17) is 0 Å². The smallest absolute Gasteiger partial charge is 0.262 e. The zero-order valence-electron chi connectivity index (χ0n) is 12.5. The van der Waals surface area contributed by atoms with E-state index in [2.05, 4.69) is 4.98 Å². The minimum Gasteiger partial charge on any atom is -0.293 e. The first-order valence-electron chi connectivity index (χ1n) is 6.84. The molecular weight excluding hydrogens is 335 g/mol. The van der Waals surface area contributed by atoms with Gasteiger partial charge < -0.3 is 0 Å². The number of hydrogen-bond acceptors (Lipinski definition) is 5. The van der Waals surface area contributed by atoms with Gasteiger partial charge in [0.05, 0.1) is 11.1 Å². The van der Waals surface area contributed by atoms with Crippen molar-refractivity contribution < 1.29 is 9.18 Å². The number of thioether (sulfide) groups is 1. The van der Waals surface area contributed by atoms with E-state index in [0.29, 0.717) is 20.9 Å². The van der Waals surface area contributed by atoms with E-state index >= 15 is 0 Å². The molecule has 0 N–H and O–H groups in total. The molecule has 0 unspecified atom stereocenters. The summed E-state index contributed by atoms with van der Waals surface area (Å²) in [4.78, 5) is 30.6. The highest BCUT2D eigenvalue weighted by atomic mass is 32.2. The molecule has 1 aromatic carbocycles. The standard InChI is InChI=1S/C16H13FN2O2S2/c1-9-7-12-14(23-9)18-16(19(2)15(12)21)22-8-13(20)10-3-5-11(17)6-4-10/h3-7H,8H2,1-2H3. The van der Waals surface area contributed by atoms with Crippen molar-refractivity contribution in [2.45, 2.75) is 12.1 Å². The number of carbonyl (C=O) groups is 1. The highest BCUT2D eigenvalue weighted by molar-refractivity contribution is 7.99. The molecule has 0 aliphatic carbocycles. The fourth-order valence-corrected chi connectivity index (χ4v) is 3.93. The van der Waals surface area contributed by atoms with Gasteiger partial charge in [0.15, 0.2) is 10.9 Å². The van der Waals surface area contributed by atoms with Crippen LogP contribution in [0.5, 0.6) is 0 Å². The van der Waals surface area contributed by atoms with E-state index in [9.17, 15) is 14.0 Å². The van der Waals surface area contributed by atoms with Crippen molar-refractivity contribution in [2.75, 3.05) is 5.75 Å². The Balaban J connectivity index is 1.84. The minimum absolute atomic E-state index is 0.115. The first-order chi connectivity index (χ1) is 11.0. The number of carbonyl (C=O) groups excluding carboxylic acids is 1. The van der Waals surface area contributed by atoms with Crippen molar-refractivity contribution in [3.63, 3.8) is 0 Å². The first-order valence-corrected chi connectivity index (χ1v) is 8.64. The lowest BCUT2D eigenvalue weighted by atomic mass is 10.1. The maximum absolute atomic E-state index is 12.9. The number of aryl methyl sites for hydroxylation is 1. The largest absolute Gasteiger partial charge is 0.293 e. The normalized spacial score (nSPS) is 11.1. The van der Waals surface area contributed by atoms with Crippen LogP contribution in [0.2, 0.25) is 0 Å². The molecule has 0 amide bonds. The predicted octanol–water partition coefficient (Wildman–Crippen LogP) is 3.42. The fourth-order valence-electron chi connectivity index (χ4n) is 2.15. The molecule has 0 aliphatic rings. The molecule has 0 aliphatic heterocycles. The number of benzene rings is 1. The van der Waals surface area contributed by atoms with E-state index in [-0.39, 0.29) is 22.9 Å². The number of thiophene rings is 1. The van der Waals surface area contributed by atoms with Crippen molar-refractivity contribution in [3.8, 4) is 0 Å². The van der Waals surface area contributed by atoms with Crippen LogP contribution in [0.15, 0.2) is 40.3 Å². The summed E-state index contributed by atoms with van der Waals surface area (Å²) in [7, 11) is 1.65. The summed E-state index contributed by atoms with van der Waals surface area (Å²) in [6, 6.07) is 7.25. The van der Waals surface area contributed by atoms with Crippen LogP contribution in [-0.4, -0.2) is 21.1 Å². The molecule has 0 bridgehead atoms. The number of rotatable bonds is 4. The Bertz CT molecular complexity index is 945. The van der Waals surface area contributed by atoms with Crippen LogP contribution in [0, 0.1) is 12.7 Å². The van der Waals surface area contributed by atoms with Crippen molar-refractivity contribution in [2.24, 2.45) is 7.05 Å². The van der Waals surface area contributed by atoms with Crippen LogP contribution in [-0.2, 0) is 7.05 Å². The molecular formula is C16H13FN2O2S2. The van der Waals surface area contributed by atoms with Gasteiger partial charge in [-0.15, -0.1) is 11.3 Å². The van der Waals surface area contributed by atoms with Gasteiger partial charge in [0.1, 0.15) is 10.6 Å². The lowest BCUT2D eigenvalue weighted by molar-refractivity contribution is 0.102. The third-order valence-corrected chi connectivity index (χ3v) is 5.33. The third kappa shape index (κ3) is 3.20. The zero-order chi connectivity index (χ0) is 16.6. The van der Waals surface area contributed by atoms with Crippen LogP contribution in [0.4, 0.5) is 4.39 Å². The summed E-state index contributed by atoms with van der Waals surface area (Å²) >= 11 is 2.66. The number of aromatic nitrogens is 2. The number of Topliss-reactive ketones (excluding diaryl/α,β-unsaturated/α-hetero) is 1. The second-order valence-electron chi connectivity index (χ2n) is 5.05. The van der Waals surface area contributed by atoms with Crippen LogP contribution in [0.3, 0.4) is 0 Å². The minimum atomic E-state index is -0.378. The van der Waals surface area contributed by atoms with E-state index in [1.54, 1.807) is 7.05 Å². The molecule has 0 radical (unpaired) electrons. The topological polar surface area (TPSA) is 52.0 Å². The molecule has 0 fully saturated rings. The number of ketones is 1. The maximum Gasteiger partial charge on any atom is 0.262 e. The van der Waals surface area contributed by atoms with Crippen LogP contribution in [0.1, 0.15) is 15.2 Å². The molecule has 118 valence electrons. The van der Waals surface area contributed by atoms with Crippen LogP contribution >= 0.6 is 23.1 Å². The number of hydrogen-bond donors (Lipinski definition) is 0. The van der Waals surface area contributed by atoms with Gasteiger partial charge >= 0.3 is 0 Å². The van der Waals surface area contributed by atoms with Crippen molar-refractivity contribution in [3.05, 3.63) is 56.9 Å². The average Bonchev–Trinajstić information content (AvgIpc) is 2.90. The SMILES string of the molecule is Cc1cc2c(=O)n(C)c(SCC(=O)c3ccc(F)cc3)nc2s1. The molecule has 0 saturated heterocycles. The first kappa shape index (κ1) is 15.9. The van der Waals surface area contributed by atoms with Crippen molar-refractivity contribution in [1.29, 1.82) is 0 Å². The van der Waals surface area contributed by atoms with E-state index in [1.807, 2.05) is 13.0 Å². The Labute approximate surface area is 140 Å². The van der Waals surface area contributed by atoms with Crippen molar-refractivity contribution >= 4 is 39.1 Å². The molecule has 2 aromatic heterocycles.